The number of nitrogens with one attached hydrogen (secondary N) is 1. The lowest BCUT2D eigenvalue weighted by Gasteiger charge is -2.17. The Bertz CT molecular complexity index is 552. The van der Waals surface area contributed by atoms with Gasteiger partial charge in [-0.25, -0.2) is 0 Å². The van der Waals surface area contributed by atoms with Crippen LogP contribution in [0.5, 0.6) is 0 Å². The van der Waals surface area contributed by atoms with E-state index in [1.54, 1.807) is 0 Å². The van der Waals surface area contributed by atoms with Crippen molar-refractivity contribution in [3.05, 3.63) is 47.9 Å². The summed E-state index contributed by atoms with van der Waals surface area (Å²) in [5.74, 6) is 1.93. The molecule has 1 N–H and O–H groups in total. The molecule has 0 radical (unpaired) electrons. The highest BCUT2D eigenvalue weighted by atomic mass is 16.5. The Morgan fingerprint density at radius 3 is 2.95 bits per heavy atom. The predicted octanol–water partition coefficient (Wildman–Crippen LogP) is 3.78. The lowest BCUT2D eigenvalue weighted by molar-refractivity contribution is 0.208. The van der Waals surface area contributed by atoms with Gasteiger partial charge in [0.15, 0.2) is 0 Å². The molecule has 0 saturated carbocycles. The van der Waals surface area contributed by atoms with E-state index in [9.17, 15) is 0 Å². The first-order valence-corrected chi connectivity index (χ1v) is 6.93. The maximum atomic E-state index is 5.96. The average Bonchev–Trinajstić information content (AvgIpc) is 3.08. The zero-order valence-corrected chi connectivity index (χ0v) is 11.2. The maximum Gasteiger partial charge on any atom is 0.134 e. The summed E-state index contributed by atoms with van der Waals surface area (Å²) in [6.07, 6.45) is 4.23. The van der Waals surface area contributed by atoms with Crippen molar-refractivity contribution in [1.82, 2.24) is 5.32 Å². The Morgan fingerprint density at radius 2 is 2.21 bits per heavy atom. The highest BCUT2D eigenvalue weighted by Crippen LogP contribution is 2.30. The first-order chi connectivity index (χ1) is 9.38. The maximum absolute atomic E-state index is 5.96. The summed E-state index contributed by atoms with van der Waals surface area (Å²) in [6.45, 7) is 3.88. The van der Waals surface area contributed by atoms with Gasteiger partial charge in [-0.1, -0.05) is 25.1 Å². The van der Waals surface area contributed by atoms with Crippen LogP contribution in [0, 0.1) is 0 Å². The van der Waals surface area contributed by atoms with Gasteiger partial charge in [0.05, 0.1) is 6.61 Å². The smallest absolute Gasteiger partial charge is 0.134 e. The summed E-state index contributed by atoms with van der Waals surface area (Å²) in [7, 11) is 0. The van der Waals surface area contributed by atoms with E-state index in [-0.39, 0.29) is 6.04 Å². The number of hydrogen-bond donors (Lipinski definition) is 1. The van der Waals surface area contributed by atoms with Crippen LogP contribution in [-0.2, 0) is 4.74 Å². The van der Waals surface area contributed by atoms with Gasteiger partial charge in [0, 0.05) is 11.8 Å². The molecule has 2 aromatic rings. The molecular formula is C16H19NO2. The summed E-state index contributed by atoms with van der Waals surface area (Å²) >= 11 is 0. The molecule has 1 unspecified atom stereocenters. The van der Waals surface area contributed by atoms with Gasteiger partial charge in [-0.15, -0.1) is 0 Å². The molecule has 0 spiro atoms. The van der Waals surface area contributed by atoms with Crippen molar-refractivity contribution in [3.63, 3.8) is 0 Å². The molecule has 0 saturated heterocycles. The van der Waals surface area contributed by atoms with Gasteiger partial charge in [0.2, 0.25) is 0 Å². The van der Waals surface area contributed by atoms with Crippen LogP contribution in [0.25, 0.3) is 11.0 Å². The summed E-state index contributed by atoms with van der Waals surface area (Å²) in [6, 6.07) is 10.2. The Hall–Kier alpha value is -1.74. The molecule has 1 aliphatic rings. The van der Waals surface area contributed by atoms with Gasteiger partial charge < -0.3 is 14.5 Å². The fourth-order valence-corrected chi connectivity index (χ4v) is 2.41. The topological polar surface area (TPSA) is 34.4 Å². The molecule has 1 aromatic carbocycles. The Balaban J connectivity index is 1.93. The van der Waals surface area contributed by atoms with E-state index in [0.29, 0.717) is 0 Å². The molecule has 0 amide bonds. The Labute approximate surface area is 113 Å². The number of para-hydroxylation sites is 1. The van der Waals surface area contributed by atoms with Crippen molar-refractivity contribution in [2.75, 3.05) is 13.2 Å². The number of furan rings is 1. The van der Waals surface area contributed by atoms with Crippen LogP contribution < -0.4 is 5.32 Å². The van der Waals surface area contributed by atoms with Crippen molar-refractivity contribution >= 4 is 11.0 Å². The summed E-state index contributed by atoms with van der Waals surface area (Å²) in [5.41, 5.74) is 0.930. The van der Waals surface area contributed by atoms with Crippen molar-refractivity contribution in [2.45, 2.75) is 25.8 Å². The van der Waals surface area contributed by atoms with Gasteiger partial charge in [0.25, 0.3) is 0 Å². The zero-order valence-electron chi connectivity index (χ0n) is 11.2. The lowest BCUT2D eigenvalue weighted by Crippen LogP contribution is -2.23. The normalized spacial score (nSPS) is 16.4. The van der Waals surface area contributed by atoms with Crippen molar-refractivity contribution in [1.29, 1.82) is 0 Å². The second-order valence-corrected chi connectivity index (χ2v) is 4.82. The van der Waals surface area contributed by atoms with Crippen LogP contribution in [0.15, 0.2) is 46.6 Å². The lowest BCUT2D eigenvalue weighted by atomic mass is 10.1. The van der Waals surface area contributed by atoms with Gasteiger partial charge in [-0.3, -0.25) is 0 Å². The first kappa shape index (κ1) is 12.3. The average molecular weight is 257 g/mol. The Kier molecular flexibility index (Phi) is 3.56. The molecule has 1 aromatic heterocycles. The van der Waals surface area contributed by atoms with Crippen molar-refractivity contribution < 1.29 is 9.15 Å². The third-order valence-corrected chi connectivity index (χ3v) is 3.34. The van der Waals surface area contributed by atoms with E-state index in [1.807, 2.05) is 18.2 Å². The molecule has 1 aliphatic heterocycles. The molecule has 3 rings (SSSR count). The molecular weight excluding hydrogens is 238 g/mol. The van der Waals surface area contributed by atoms with Gasteiger partial charge in [0.1, 0.15) is 23.1 Å². The largest absolute Gasteiger partial charge is 0.496 e. The minimum absolute atomic E-state index is 0.0369. The predicted molar refractivity (Wildman–Crippen MR) is 75.9 cm³/mol. The van der Waals surface area contributed by atoms with Crippen LogP contribution in [0.3, 0.4) is 0 Å². The van der Waals surface area contributed by atoms with Crippen LogP contribution in [0.4, 0.5) is 0 Å². The minimum Gasteiger partial charge on any atom is -0.496 e. The first-order valence-electron chi connectivity index (χ1n) is 6.93. The second kappa shape index (κ2) is 5.49. The van der Waals surface area contributed by atoms with E-state index in [0.717, 1.165) is 48.5 Å². The molecule has 3 nitrogen and oxygen atoms in total. The third-order valence-electron chi connectivity index (χ3n) is 3.34. The summed E-state index contributed by atoms with van der Waals surface area (Å²) in [5, 5.41) is 4.64. The molecule has 1 atom stereocenters. The SMILES string of the molecule is CCCNC(C1=CCCO1)c1cc2ccccc2o1. The molecule has 100 valence electrons. The number of ether oxygens (including phenoxy) is 1. The standard InChI is InChI=1S/C16H19NO2/c1-2-9-17-16(14-8-5-10-18-14)15-11-12-6-3-4-7-13(12)19-15/h3-4,6-8,11,16-17H,2,5,9-10H2,1H3. The summed E-state index contributed by atoms with van der Waals surface area (Å²) in [4.78, 5) is 0. The number of benzene rings is 1. The van der Waals surface area contributed by atoms with Gasteiger partial charge in [-0.05, 0) is 31.2 Å². The van der Waals surface area contributed by atoms with E-state index >= 15 is 0 Å². The van der Waals surface area contributed by atoms with Crippen molar-refractivity contribution in [2.24, 2.45) is 0 Å². The molecule has 3 heteroatoms. The Morgan fingerprint density at radius 1 is 1.32 bits per heavy atom. The minimum atomic E-state index is 0.0369. The zero-order chi connectivity index (χ0) is 13.1. The second-order valence-electron chi connectivity index (χ2n) is 4.82. The molecule has 2 heterocycles. The van der Waals surface area contributed by atoms with E-state index < -0.39 is 0 Å². The van der Waals surface area contributed by atoms with E-state index in [4.69, 9.17) is 9.15 Å². The fraction of sp³-hybridized carbons (Fsp3) is 0.375. The third kappa shape index (κ3) is 2.51. The van der Waals surface area contributed by atoms with Gasteiger partial charge in [-0.2, -0.15) is 0 Å². The highest BCUT2D eigenvalue weighted by molar-refractivity contribution is 5.77. The van der Waals surface area contributed by atoms with Crippen molar-refractivity contribution in [3.8, 4) is 0 Å². The number of rotatable bonds is 5. The van der Waals surface area contributed by atoms with Gasteiger partial charge >= 0.3 is 0 Å². The highest BCUT2D eigenvalue weighted by Gasteiger charge is 2.23. The van der Waals surface area contributed by atoms with E-state index in [2.05, 4.69) is 30.4 Å². The van der Waals surface area contributed by atoms with E-state index in [1.165, 1.54) is 0 Å². The number of hydrogen-bond acceptors (Lipinski definition) is 3. The van der Waals surface area contributed by atoms with Crippen LogP contribution in [0.1, 0.15) is 31.6 Å². The van der Waals surface area contributed by atoms with Crippen LogP contribution in [0.2, 0.25) is 0 Å². The molecule has 0 bridgehead atoms. The monoisotopic (exact) mass is 257 g/mol. The molecule has 0 aliphatic carbocycles. The quantitative estimate of drug-likeness (QED) is 0.885. The van der Waals surface area contributed by atoms with Crippen LogP contribution >= 0.6 is 0 Å². The fourth-order valence-electron chi connectivity index (χ4n) is 2.41. The summed E-state index contributed by atoms with van der Waals surface area (Å²) < 4.78 is 11.7. The van der Waals surface area contributed by atoms with Crippen LogP contribution in [-0.4, -0.2) is 13.2 Å². The molecule has 19 heavy (non-hydrogen) atoms. The molecule has 0 fully saturated rings. The number of fused-ring (bicyclic) bond motifs is 1.